The van der Waals surface area contributed by atoms with E-state index in [-0.39, 0.29) is 5.56 Å². The van der Waals surface area contributed by atoms with Crippen LogP contribution in [-0.4, -0.2) is 29.1 Å². The minimum Gasteiger partial charge on any atom is -0.370 e. The Morgan fingerprint density at radius 2 is 1.96 bits per heavy atom. The Labute approximate surface area is 143 Å². The molecular formula is C20H27N3O. The number of benzene rings is 1. The normalized spacial score (nSPS) is 22.9. The molecule has 4 heteroatoms. The minimum atomic E-state index is -0.0150. The van der Waals surface area contributed by atoms with E-state index in [2.05, 4.69) is 21.3 Å². The molecule has 0 unspecified atom stereocenters. The molecule has 4 rings (SSSR count). The maximum atomic E-state index is 11.8. The summed E-state index contributed by atoms with van der Waals surface area (Å²) in [6.07, 6.45) is 11.7. The molecule has 24 heavy (non-hydrogen) atoms. The molecule has 1 aromatic heterocycles. The molecule has 0 bridgehead atoms. The molecule has 1 saturated carbocycles. The summed E-state index contributed by atoms with van der Waals surface area (Å²) in [4.78, 5) is 17.2. The predicted molar refractivity (Wildman–Crippen MR) is 99.4 cm³/mol. The predicted octanol–water partition coefficient (Wildman–Crippen LogP) is 3.94. The largest absolute Gasteiger partial charge is 0.370 e. The second kappa shape index (κ2) is 6.98. The Hall–Kier alpha value is -1.81. The van der Waals surface area contributed by atoms with E-state index in [4.69, 9.17) is 0 Å². The fraction of sp³-hybridized carbons (Fsp3) is 0.550. The highest BCUT2D eigenvalue weighted by molar-refractivity contribution is 5.84. The number of hydrogen-bond donors (Lipinski definition) is 2. The van der Waals surface area contributed by atoms with Gasteiger partial charge < -0.3 is 10.3 Å². The number of hydrogen-bond acceptors (Lipinski definition) is 3. The van der Waals surface area contributed by atoms with Crippen molar-refractivity contribution in [3.63, 3.8) is 0 Å². The van der Waals surface area contributed by atoms with E-state index >= 15 is 0 Å². The van der Waals surface area contributed by atoms with Gasteiger partial charge in [-0.1, -0.05) is 19.3 Å². The van der Waals surface area contributed by atoms with Gasteiger partial charge in [0.2, 0.25) is 0 Å². The summed E-state index contributed by atoms with van der Waals surface area (Å²) in [5, 5.41) is 5.46. The molecule has 2 aromatic rings. The number of nitrogens with one attached hydrogen (secondary N) is 2. The molecule has 1 saturated heterocycles. The summed E-state index contributed by atoms with van der Waals surface area (Å²) in [7, 11) is 0. The summed E-state index contributed by atoms with van der Waals surface area (Å²) in [6.45, 7) is 2.45. The fourth-order valence-corrected chi connectivity index (χ4v) is 4.38. The van der Waals surface area contributed by atoms with Gasteiger partial charge in [0.25, 0.3) is 5.56 Å². The van der Waals surface area contributed by atoms with E-state index in [0.717, 1.165) is 22.4 Å². The summed E-state index contributed by atoms with van der Waals surface area (Å²) in [6, 6.07) is 8.03. The van der Waals surface area contributed by atoms with Gasteiger partial charge in [-0.05, 0) is 61.3 Å². The van der Waals surface area contributed by atoms with Gasteiger partial charge in [-0.3, -0.25) is 9.69 Å². The molecule has 4 nitrogen and oxygen atoms in total. The van der Waals surface area contributed by atoms with Crippen LogP contribution in [0.3, 0.4) is 0 Å². The number of likely N-dealkylation sites (tertiary alicyclic amines) is 1. The molecule has 1 atom stereocenters. The Kier molecular flexibility index (Phi) is 4.56. The molecule has 0 amide bonds. The lowest BCUT2D eigenvalue weighted by Crippen LogP contribution is -2.39. The second-order valence-corrected chi connectivity index (χ2v) is 7.41. The van der Waals surface area contributed by atoms with Crippen molar-refractivity contribution in [3.05, 3.63) is 40.8 Å². The number of pyridine rings is 1. The van der Waals surface area contributed by atoms with Crippen molar-refractivity contribution >= 4 is 16.5 Å². The third-order valence-corrected chi connectivity index (χ3v) is 5.69. The number of fused-ring (bicyclic) bond motifs is 1. The third kappa shape index (κ3) is 3.34. The van der Waals surface area contributed by atoms with Gasteiger partial charge in [0.15, 0.2) is 0 Å². The van der Waals surface area contributed by atoms with E-state index in [9.17, 15) is 4.79 Å². The molecule has 0 spiro atoms. The van der Waals surface area contributed by atoms with Gasteiger partial charge in [-0.2, -0.15) is 0 Å². The molecule has 2 N–H and O–H groups in total. The van der Waals surface area contributed by atoms with Crippen LogP contribution in [0.15, 0.2) is 35.3 Å². The number of H-pyrrole nitrogens is 1. The van der Waals surface area contributed by atoms with Gasteiger partial charge >= 0.3 is 0 Å². The summed E-state index contributed by atoms with van der Waals surface area (Å²) in [5.74, 6) is 0.885. The van der Waals surface area contributed by atoms with Crippen molar-refractivity contribution < 1.29 is 0 Å². The first kappa shape index (κ1) is 15.7. The van der Waals surface area contributed by atoms with Crippen LogP contribution in [0.4, 0.5) is 5.69 Å². The summed E-state index contributed by atoms with van der Waals surface area (Å²) < 4.78 is 0. The highest BCUT2D eigenvalue weighted by atomic mass is 16.1. The second-order valence-electron chi connectivity index (χ2n) is 7.41. The number of rotatable bonds is 4. The van der Waals surface area contributed by atoms with Crippen molar-refractivity contribution in [2.24, 2.45) is 5.92 Å². The van der Waals surface area contributed by atoms with Crippen LogP contribution in [0, 0.1) is 5.92 Å². The molecule has 2 fully saturated rings. The van der Waals surface area contributed by atoms with Crippen LogP contribution < -0.4 is 10.9 Å². The number of aromatic nitrogens is 1. The fourth-order valence-electron chi connectivity index (χ4n) is 4.38. The SMILES string of the molecule is O=c1[nH]ccc2cc(N[C@@H]3CCCN3CC3CCCCC3)ccc12. The lowest BCUT2D eigenvalue weighted by atomic mass is 9.89. The maximum absolute atomic E-state index is 11.8. The Morgan fingerprint density at radius 1 is 1.08 bits per heavy atom. The Balaban J connectivity index is 1.46. The summed E-state index contributed by atoms with van der Waals surface area (Å²) >= 11 is 0. The first-order valence-electron chi connectivity index (χ1n) is 9.42. The van der Waals surface area contributed by atoms with Crippen molar-refractivity contribution in [2.45, 2.75) is 51.1 Å². The van der Waals surface area contributed by atoms with E-state index in [1.165, 1.54) is 58.0 Å². The van der Waals surface area contributed by atoms with Crippen LogP contribution in [-0.2, 0) is 0 Å². The molecule has 128 valence electrons. The first-order chi connectivity index (χ1) is 11.8. The van der Waals surface area contributed by atoms with Crippen molar-refractivity contribution in [1.82, 2.24) is 9.88 Å². The van der Waals surface area contributed by atoms with E-state index in [1.54, 1.807) is 6.20 Å². The van der Waals surface area contributed by atoms with E-state index in [0.29, 0.717) is 6.17 Å². The van der Waals surface area contributed by atoms with Crippen LogP contribution in [0.1, 0.15) is 44.9 Å². The third-order valence-electron chi connectivity index (χ3n) is 5.69. The highest BCUT2D eigenvalue weighted by Gasteiger charge is 2.27. The standard InChI is InChI=1S/C20H27N3O/c24-20-18-9-8-17(13-16(18)10-11-21-20)22-19-7-4-12-23(19)14-15-5-2-1-3-6-15/h8-11,13,15,19,22H,1-7,12,14H2,(H,21,24)/t19-/m0/s1. The average molecular weight is 325 g/mol. The van der Waals surface area contributed by atoms with Crippen LogP contribution in [0.25, 0.3) is 10.8 Å². The summed E-state index contributed by atoms with van der Waals surface area (Å²) in [5.41, 5.74) is 1.10. The van der Waals surface area contributed by atoms with Crippen LogP contribution in [0.5, 0.6) is 0 Å². The van der Waals surface area contributed by atoms with E-state index in [1.807, 2.05) is 18.2 Å². The quantitative estimate of drug-likeness (QED) is 0.895. The van der Waals surface area contributed by atoms with Crippen molar-refractivity contribution in [2.75, 3.05) is 18.4 Å². The number of nitrogens with zero attached hydrogens (tertiary/aromatic N) is 1. The van der Waals surface area contributed by atoms with E-state index < -0.39 is 0 Å². The zero-order chi connectivity index (χ0) is 16.4. The van der Waals surface area contributed by atoms with Gasteiger partial charge in [-0.15, -0.1) is 0 Å². The molecular weight excluding hydrogens is 298 g/mol. The van der Waals surface area contributed by atoms with Gasteiger partial charge in [-0.25, -0.2) is 0 Å². The van der Waals surface area contributed by atoms with Crippen LogP contribution >= 0.6 is 0 Å². The average Bonchev–Trinajstić information content (AvgIpc) is 3.03. The molecule has 0 radical (unpaired) electrons. The lowest BCUT2D eigenvalue weighted by Gasteiger charge is -2.31. The minimum absolute atomic E-state index is 0.0150. The smallest absolute Gasteiger partial charge is 0.255 e. The van der Waals surface area contributed by atoms with Crippen molar-refractivity contribution in [1.29, 1.82) is 0 Å². The van der Waals surface area contributed by atoms with Crippen molar-refractivity contribution in [3.8, 4) is 0 Å². The Morgan fingerprint density at radius 3 is 2.83 bits per heavy atom. The number of aromatic amines is 1. The topological polar surface area (TPSA) is 48.1 Å². The highest BCUT2D eigenvalue weighted by Crippen LogP contribution is 2.28. The van der Waals surface area contributed by atoms with Crippen LogP contribution in [0.2, 0.25) is 0 Å². The monoisotopic (exact) mass is 325 g/mol. The molecule has 1 aliphatic carbocycles. The number of anilines is 1. The lowest BCUT2D eigenvalue weighted by molar-refractivity contribution is 0.200. The van der Waals surface area contributed by atoms with Gasteiger partial charge in [0.05, 0.1) is 6.17 Å². The molecule has 2 heterocycles. The molecule has 2 aliphatic rings. The zero-order valence-corrected chi connectivity index (χ0v) is 14.3. The molecule has 1 aromatic carbocycles. The van der Waals surface area contributed by atoms with Gasteiger partial charge in [0.1, 0.15) is 0 Å². The zero-order valence-electron chi connectivity index (χ0n) is 14.3. The first-order valence-corrected chi connectivity index (χ1v) is 9.42. The van der Waals surface area contributed by atoms with Gasteiger partial charge in [0, 0.05) is 30.4 Å². The molecule has 1 aliphatic heterocycles. The maximum Gasteiger partial charge on any atom is 0.255 e. The Bertz CT molecular complexity index is 748.